The Morgan fingerprint density at radius 2 is 1.53 bits per heavy atom. The van der Waals surface area contributed by atoms with Crippen molar-refractivity contribution in [2.24, 2.45) is 28.9 Å². The van der Waals surface area contributed by atoms with Crippen LogP contribution in [-0.2, 0) is 4.79 Å². The van der Waals surface area contributed by atoms with E-state index in [1.807, 2.05) is 0 Å². The maximum atomic E-state index is 11.8. The van der Waals surface area contributed by atoms with Crippen LogP contribution in [-0.4, -0.2) is 12.3 Å². The Labute approximate surface area is 110 Å². The fraction of sp³-hybridized carbons (Fsp3) is 0.929. The first kappa shape index (κ1) is 13.4. The maximum Gasteiger partial charge on any atom is 0.134 e. The van der Waals surface area contributed by atoms with Crippen LogP contribution in [0.5, 0.6) is 0 Å². The lowest BCUT2D eigenvalue weighted by atomic mass is 9.48. The number of carbonyl (C=O) groups is 1. The molecule has 4 fully saturated rings. The summed E-state index contributed by atoms with van der Waals surface area (Å²) in [6.07, 6.45) is 9.86. The minimum atomic E-state index is 0. The molecular weight excluding hydrogens is 234 g/mol. The smallest absolute Gasteiger partial charge is 0.134 e. The highest BCUT2D eigenvalue weighted by Gasteiger charge is 2.51. The van der Waals surface area contributed by atoms with E-state index in [0.29, 0.717) is 24.2 Å². The first-order valence-electron chi connectivity index (χ1n) is 6.91. The maximum absolute atomic E-state index is 11.8. The zero-order valence-electron chi connectivity index (χ0n) is 10.5. The molecule has 4 aliphatic rings. The molecule has 4 aliphatic carbocycles. The third-order valence-corrected chi connectivity index (χ3v) is 5.16. The van der Waals surface area contributed by atoms with E-state index in [1.54, 1.807) is 0 Å². The van der Waals surface area contributed by atoms with E-state index in [1.165, 1.54) is 38.5 Å². The Morgan fingerprint density at radius 3 is 1.94 bits per heavy atom. The quantitative estimate of drug-likeness (QED) is 0.842. The molecule has 0 unspecified atom stereocenters. The summed E-state index contributed by atoms with van der Waals surface area (Å²) in [6, 6.07) is 0. The molecule has 0 atom stereocenters. The number of ketones is 1. The van der Waals surface area contributed by atoms with Gasteiger partial charge in [0.15, 0.2) is 0 Å². The van der Waals surface area contributed by atoms with Crippen LogP contribution in [0.4, 0.5) is 0 Å². The molecule has 0 radical (unpaired) electrons. The summed E-state index contributed by atoms with van der Waals surface area (Å²) in [5.74, 6) is 3.29. The van der Waals surface area contributed by atoms with Crippen molar-refractivity contribution in [2.75, 3.05) is 6.54 Å². The van der Waals surface area contributed by atoms with Gasteiger partial charge in [0, 0.05) is 12.8 Å². The summed E-state index contributed by atoms with van der Waals surface area (Å²) in [4.78, 5) is 11.8. The summed E-state index contributed by atoms with van der Waals surface area (Å²) in [5.41, 5.74) is 5.89. The Hall–Kier alpha value is -0.0800. The number of halogens is 1. The monoisotopic (exact) mass is 257 g/mol. The lowest BCUT2D eigenvalue weighted by molar-refractivity contribution is -0.127. The van der Waals surface area contributed by atoms with Crippen LogP contribution in [0.2, 0.25) is 0 Å². The second-order valence-corrected chi connectivity index (χ2v) is 6.67. The highest BCUT2D eigenvalue weighted by molar-refractivity contribution is 5.85. The van der Waals surface area contributed by atoms with Crippen molar-refractivity contribution in [3.05, 3.63) is 0 Å². The molecule has 3 heteroatoms. The van der Waals surface area contributed by atoms with E-state index >= 15 is 0 Å². The van der Waals surface area contributed by atoms with Crippen molar-refractivity contribution in [2.45, 2.75) is 51.4 Å². The van der Waals surface area contributed by atoms with Gasteiger partial charge in [0.1, 0.15) is 5.78 Å². The molecule has 0 saturated heterocycles. The van der Waals surface area contributed by atoms with Crippen LogP contribution < -0.4 is 5.73 Å². The Kier molecular flexibility index (Phi) is 3.84. The molecule has 98 valence electrons. The van der Waals surface area contributed by atoms with Gasteiger partial charge in [-0.25, -0.2) is 0 Å². The van der Waals surface area contributed by atoms with Crippen molar-refractivity contribution >= 4 is 18.2 Å². The zero-order chi connectivity index (χ0) is 11.2. The van der Waals surface area contributed by atoms with Crippen LogP contribution >= 0.6 is 12.4 Å². The van der Waals surface area contributed by atoms with E-state index in [4.69, 9.17) is 5.73 Å². The normalized spacial score (nSPS) is 42.3. The van der Waals surface area contributed by atoms with E-state index < -0.39 is 0 Å². The van der Waals surface area contributed by atoms with E-state index in [9.17, 15) is 4.79 Å². The van der Waals surface area contributed by atoms with E-state index in [-0.39, 0.29) is 12.4 Å². The molecule has 0 aromatic rings. The fourth-order valence-electron chi connectivity index (χ4n) is 5.17. The number of nitrogens with two attached hydrogens (primary N) is 1. The van der Waals surface area contributed by atoms with Gasteiger partial charge >= 0.3 is 0 Å². The number of Topliss-reactive ketones (excluding diaryl/α,β-unsaturated/α-hetero) is 1. The van der Waals surface area contributed by atoms with Crippen LogP contribution in [0.3, 0.4) is 0 Å². The summed E-state index contributed by atoms with van der Waals surface area (Å²) < 4.78 is 0. The predicted molar refractivity (Wildman–Crippen MR) is 71.1 cm³/mol. The predicted octanol–water partition coefficient (Wildman–Crippen LogP) is 2.93. The highest BCUT2D eigenvalue weighted by atomic mass is 35.5. The number of carbonyl (C=O) groups excluding carboxylic acids is 1. The minimum Gasteiger partial charge on any atom is -0.330 e. The topological polar surface area (TPSA) is 43.1 Å². The van der Waals surface area contributed by atoms with Gasteiger partial charge in [-0.1, -0.05) is 0 Å². The molecule has 4 bridgehead atoms. The highest BCUT2D eigenvalue weighted by Crippen LogP contribution is 2.61. The molecule has 2 N–H and O–H groups in total. The molecule has 4 saturated carbocycles. The summed E-state index contributed by atoms with van der Waals surface area (Å²) >= 11 is 0. The van der Waals surface area contributed by atoms with Crippen molar-refractivity contribution in [3.8, 4) is 0 Å². The zero-order valence-corrected chi connectivity index (χ0v) is 11.3. The van der Waals surface area contributed by atoms with E-state index in [0.717, 1.165) is 24.2 Å². The molecule has 0 aromatic carbocycles. The first-order chi connectivity index (χ1) is 7.69. The molecule has 17 heavy (non-hydrogen) atoms. The first-order valence-corrected chi connectivity index (χ1v) is 6.91. The van der Waals surface area contributed by atoms with Gasteiger partial charge in [-0.3, -0.25) is 4.79 Å². The van der Waals surface area contributed by atoms with Gasteiger partial charge in [-0.15, -0.1) is 12.4 Å². The van der Waals surface area contributed by atoms with Gasteiger partial charge in [0.25, 0.3) is 0 Å². The van der Waals surface area contributed by atoms with Crippen LogP contribution in [0.15, 0.2) is 0 Å². The third kappa shape index (κ3) is 2.53. The third-order valence-electron chi connectivity index (χ3n) is 5.16. The summed E-state index contributed by atoms with van der Waals surface area (Å²) in [7, 11) is 0. The molecular formula is C14H24ClNO. The molecule has 0 amide bonds. The Balaban J connectivity index is 0.00000108. The standard InChI is InChI=1S/C14H23NO.ClH/c15-2-1-13(16)9-14-6-10-3-11(7-14)5-12(4-10)8-14;/h10-12H,1-9,15H2;1H. The van der Waals surface area contributed by atoms with Crippen molar-refractivity contribution in [1.29, 1.82) is 0 Å². The molecule has 4 rings (SSSR count). The Morgan fingerprint density at radius 1 is 1.06 bits per heavy atom. The molecule has 0 heterocycles. The average Bonchev–Trinajstić information content (AvgIpc) is 2.13. The van der Waals surface area contributed by atoms with Crippen LogP contribution in [0.25, 0.3) is 0 Å². The van der Waals surface area contributed by atoms with Crippen LogP contribution in [0, 0.1) is 23.2 Å². The lowest BCUT2D eigenvalue weighted by Gasteiger charge is -2.56. The second kappa shape index (κ2) is 4.89. The van der Waals surface area contributed by atoms with E-state index in [2.05, 4.69) is 0 Å². The fourth-order valence-corrected chi connectivity index (χ4v) is 5.17. The van der Waals surface area contributed by atoms with Gasteiger partial charge in [-0.2, -0.15) is 0 Å². The number of hydrogen-bond donors (Lipinski definition) is 1. The van der Waals surface area contributed by atoms with Gasteiger partial charge in [0.2, 0.25) is 0 Å². The second-order valence-electron chi connectivity index (χ2n) is 6.67. The average molecular weight is 258 g/mol. The SMILES string of the molecule is Cl.NCCC(=O)CC12CC3CC(CC(C3)C1)C2. The molecule has 2 nitrogen and oxygen atoms in total. The largest absolute Gasteiger partial charge is 0.330 e. The lowest BCUT2D eigenvalue weighted by Crippen LogP contribution is -2.46. The van der Waals surface area contributed by atoms with Crippen LogP contribution in [0.1, 0.15) is 51.4 Å². The van der Waals surface area contributed by atoms with Gasteiger partial charge in [0.05, 0.1) is 0 Å². The van der Waals surface area contributed by atoms with Gasteiger partial charge in [-0.05, 0) is 68.2 Å². The summed E-state index contributed by atoms with van der Waals surface area (Å²) in [6.45, 7) is 0.533. The minimum absolute atomic E-state index is 0. The van der Waals surface area contributed by atoms with Crippen molar-refractivity contribution in [3.63, 3.8) is 0 Å². The molecule has 0 aliphatic heterocycles. The van der Waals surface area contributed by atoms with Crippen molar-refractivity contribution < 1.29 is 4.79 Å². The Bertz CT molecular complexity index is 267. The summed E-state index contributed by atoms with van der Waals surface area (Å²) in [5, 5.41) is 0. The number of hydrogen-bond acceptors (Lipinski definition) is 2. The van der Waals surface area contributed by atoms with Gasteiger partial charge < -0.3 is 5.73 Å². The van der Waals surface area contributed by atoms with Crippen molar-refractivity contribution in [1.82, 2.24) is 0 Å². The molecule has 0 aromatic heterocycles. The molecule has 0 spiro atoms. The number of rotatable bonds is 4.